The third kappa shape index (κ3) is 36.6. The number of aliphatic hydroxyl groups is 1. The van der Waals surface area contributed by atoms with E-state index in [2.05, 4.69) is 243 Å². The smallest absolute Gasteiger partial charge is 0.122 e. The van der Waals surface area contributed by atoms with Crippen LogP contribution in [0.2, 0.25) is 0 Å². The molecule has 0 spiro atoms. The topological polar surface area (TPSA) is 147 Å². The van der Waals surface area contributed by atoms with Crippen molar-refractivity contribution in [2.24, 2.45) is 59.2 Å². The highest BCUT2D eigenvalue weighted by atomic mass is 16.5. The van der Waals surface area contributed by atoms with Crippen LogP contribution in [0.4, 0.5) is 0 Å². The molecule has 7 heterocycles. The van der Waals surface area contributed by atoms with Crippen molar-refractivity contribution in [2.45, 2.75) is 241 Å². The lowest BCUT2D eigenvalue weighted by Crippen LogP contribution is -2.10. The quantitative estimate of drug-likeness (QED) is 0.0650. The second-order valence-corrected chi connectivity index (χ2v) is 31.6. The van der Waals surface area contributed by atoms with Crippen molar-refractivity contribution in [3.8, 4) is 23.0 Å². The van der Waals surface area contributed by atoms with Crippen LogP contribution < -0.4 is 18.9 Å². The molecule has 10 rings (SSSR count). The first kappa shape index (κ1) is 89.6. The Hall–Kier alpha value is -7.57. The lowest BCUT2D eigenvalue weighted by Gasteiger charge is -2.20. The summed E-state index contributed by atoms with van der Waals surface area (Å²) in [5.74, 6) is 12.8. The molecule has 0 radical (unpaired) electrons. The van der Waals surface area contributed by atoms with Crippen LogP contribution in [0.15, 0.2) is 140 Å². The maximum Gasteiger partial charge on any atom is 0.122 e. The van der Waals surface area contributed by atoms with Gasteiger partial charge in [0.1, 0.15) is 23.0 Å². The van der Waals surface area contributed by atoms with Crippen molar-refractivity contribution in [3.63, 3.8) is 0 Å². The molecule has 0 amide bonds. The average molecular weight is 1410 g/mol. The van der Waals surface area contributed by atoms with Gasteiger partial charge in [-0.15, -0.1) is 0 Å². The monoisotopic (exact) mass is 1410 g/mol. The average Bonchev–Trinajstić information content (AvgIpc) is 1.69. The predicted molar refractivity (Wildman–Crippen MR) is 433 cm³/mol. The van der Waals surface area contributed by atoms with E-state index in [1.165, 1.54) is 82.0 Å². The minimum Gasteiger partial charge on any atom is -0.497 e. The Balaban J connectivity index is 0.000000307. The highest BCUT2D eigenvalue weighted by Gasteiger charge is 2.36. The van der Waals surface area contributed by atoms with E-state index in [1.54, 1.807) is 40.8 Å². The third-order valence-electron chi connectivity index (χ3n) is 18.2. The van der Waals surface area contributed by atoms with Crippen LogP contribution in [0, 0.1) is 93.8 Å². The normalized spacial score (nSPS) is 13.4. The Morgan fingerprint density at radius 1 is 0.330 bits per heavy atom. The van der Waals surface area contributed by atoms with Crippen molar-refractivity contribution in [1.29, 1.82) is 0 Å². The van der Waals surface area contributed by atoms with Gasteiger partial charge in [-0.25, -0.2) is 0 Å². The molecule has 2 aliphatic carbocycles. The lowest BCUT2D eigenvalue weighted by atomic mass is 9.87. The zero-order chi connectivity index (χ0) is 76.9. The molecule has 0 aliphatic heterocycles. The zero-order valence-corrected chi connectivity index (χ0v) is 68.9. The summed E-state index contributed by atoms with van der Waals surface area (Å²) in [7, 11) is 6.78. The summed E-state index contributed by atoms with van der Waals surface area (Å²) < 4.78 is 20.8. The number of rotatable bonds is 23. The molecular weight excluding hydrogens is 1270 g/mol. The van der Waals surface area contributed by atoms with Crippen LogP contribution in [-0.4, -0.2) is 68.4 Å². The molecule has 4 atom stereocenters. The van der Waals surface area contributed by atoms with Gasteiger partial charge in [-0.3, -0.25) is 34.9 Å². The third-order valence-corrected chi connectivity index (χ3v) is 18.2. The fourth-order valence-corrected chi connectivity index (χ4v) is 12.3. The fraction of sp³-hybridized carbons (Fsp3) is 0.549. The van der Waals surface area contributed by atoms with Crippen molar-refractivity contribution in [2.75, 3.05) is 28.4 Å². The van der Waals surface area contributed by atoms with Gasteiger partial charge in [0.2, 0.25) is 0 Å². The van der Waals surface area contributed by atoms with E-state index in [1.807, 2.05) is 79.4 Å². The molecule has 8 aromatic rings. The van der Waals surface area contributed by atoms with Gasteiger partial charge in [0.25, 0.3) is 0 Å². The SMILES string of the molecule is COc1ccnc(C(C(C)C)C2CC2)c1.COc1ccnc(C(C)C(C)C)c1.COc1ccnc([C@@H](C(C)C)C2CC2)c1.COc1ccnc([C@H](C)C(C)C)c1.Cc1cc(C)nc(CC(C)C)c1.Cc1cc(CO)cc(CC(C)C)c1.Cc1ccnc(CC(C)C)c1.Cc1ccnc(CC(C)C)c1. The van der Waals surface area contributed by atoms with E-state index < -0.39 is 0 Å². The Bertz CT molecular complexity index is 3410. The predicted octanol–water partition coefficient (Wildman–Crippen LogP) is 22.9. The molecule has 2 aliphatic rings. The molecular formula is C91H137N7O5. The van der Waals surface area contributed by atoms with Crippen LogP contribution in [0.25, 0.3) is 0 Å². The van der Waals surface area contributed by atoms with Gasteiger partial charge < -0.3 is 24.1 Å². The molecule has 7 aromatic heterocycles. The summed E-state index contributed by atoms with van der Waals surface area (Å²) in [6.07, 6.45) is 20.9. The van der Waals surface area contributed by atoms with Gasteiger partial charge in [-0.1, -0.05) is 148 Å². The van der Waals surface area contributed by atoms with Crippen molar-refractivity contribution < 1.29 is 24.1 Å². The Morgan fingerprint density at radius 3 is 0.942 bits per heavy atom. The molecule has 12 nitrogen and oxygen atoms in total. The van der Waals surface area contributed by atoms with Crippen LogP contribution in [0.3, 0.4) is 0 Å². The highest BCUT2D eigenvalue weighted by Crippen LogP contribution is 2.47. The van der Waals surface area contributed by atoms with E-state index >= 15 is 0 Å². The Labute approximate surface area is 626 Å². The summed E-state index contributed by atoms with van der Waals surface area (Å²) in [6, 6.07) is 34.7. The Morgan fingerprint density at radius 2 is 0.641 bits per heavy atom. The van der Waals surface area contributed by atoms with Crippen LogP contribution in [0.1, 0.15) is 253 Å². The highest BCUT2D eigenvalue weighted by molar-refractivity contribution is 5.31. The zero-order valence-electron chi connectivity index (χ0n) is 68.9. The standard InChI is InChI=1S/2C13H19NO.C12H18O.2C11H17NO.C11H17N.2C10H15N/c2*1-9(2)13(10-4-5-10)12-8-11(15-3)6-7-14-12;1-9(2)4-11-5-10(3)6-12(7-11)8-13;2*1-8(2)9(3)11-7-10(13-4)5-6-12-11;1-8(2)5-11-7-9(3)6-10(4)12-11;2*1-8(2)6-10-7-9(3)4-5-11-10/h2*6-10,13H,4-5H2,1-3H3;5-7,9,13H,4,8H2,1-3H3;2*5-9H,1-4H3;6-8H,5H2,1-4H3;2*4-5,7-8H,6H2,1-3H3/t13-;;;9-;;;;/m0..1..../s1. The van der Waals surface area contributed by atoms with Crippen molar-refractivity contribution in [1.82, 2.24) is 34.9 Å². The minimum atomic E-state index is 0.146. The molecule has 0 saturated heterocycles. The summed E-state index contributed by atoms with van der Waals surface area (Å²) in [5.41, 5.74) is 16.9. The molecule has 103 heavy (non-hydrogen) atoms. The van der Waals surface area contributed by atoms with E-state index in [-0.39, 0.29) is 6.61 Å². The second-order valence-electron chi connectivity index (χ2n) is 31.6. The number of aryl methyl sites for hydroxylation is 5. The van der Waals surface area contributed by atoms with E-state index in [9.17, 15) is 0 Å². The summed E-state index contributed by atoms with van der Waals surface area (Å²) in [6.45, 7) is 50.6. The molecule has 2 fully saturated rings. The first-order chi connectivity index (χ1) is 48.8. The number of aromatic nitrogens is 7. The van der Waals surface area contributed by atoms with E-state index in [0.29, 0.717) is 71.0 Å². The maximum absolute atomic E-state index is 9.02. The summed E-state index contributed by atoms with van der Waals surface area (Å²) in [4.78, 5) is 30.7. The number of aliphatic hydroxyl groups excluding tert-OH is 1. The number of pyridine rings is 7. The van der Waals surface area contributed by atoms with Gasteiger partial charge in [-0.05, 0) is 234 Å². The molecule has 1 N–H and O–H groups in total. The molecule has 2 saturated carbocycles. The largest absolute Gasteiger partial charge is 0.497 e. The van der Waals surface area contributed by atoms with Gasteiger partial charge in [-0.2, -0.15) is 0 Å². The first-order valence-corrected chi connectivity index (χ1v) is 38.3. The Kier molecular flexibility index (Phi) is 41.5. The van der Waals surface area contributed by atoms with Gasteiger partial charge >= 0.3 is 0 Å². The summed E-state index contributed by atoms with van der Waals surface area (Å²) >= 11 is 0. The number of hydrogen-bond acceptors (Lipinski definition) is 12. The van der Waals surface area contributed by atoms with Gasteiger partial charge in [0, 0.05) is 131 Å². The molecule has 566 valence electrons. The number of ether oxygens (including phenoxy) is 4. The summed E-state index contributed by atoms with van der Waals surface area (Å²) in [5, 5.41) is 9.02. The van der Waals surface area contributed by atoms with Crippen molar-refractivity contribution in [3.05, 3.63) is 219 Å². The minimum absolute atomic E-state index is 0.146. The van der Waals surface area contributed by atoms with Crippen LogP contribution in [0.5, 0.6) is 23.0 Å². The fourth-order valence-electron chi connectivity index (χ4n) is 12.3. The van der Waals surface area contributed by atoms with Crippen LogP contribution >= 0.6 is 0 Å². The number of benzene rings is 1. The van der Waals surface area contributed by atoms with Gasteiger partial charge in [0.05, 0.1) is 35.0 Å². The van der Waals surface area contributed by atoms with E-state index in [4.69, 9.17) is 24.1 Å². The number of methoxy groups -OCH3 is 4. The maximum atomic E-state index is 9.02. The molecule has 0 bridgehead atoms. The van der Waals surface area contributed by atoms with Crippen molar-refractivity contribution >= 4 is 0 Å². The van der Waals surface area contributed by atoms with Crippen LogP contribution in [-0.2, 0) is 32.3 Å². The second kappa shape index (κ2) is 47.7. The lowest BCUT2D eigenvalue weighted by molar-refractivity contribution is 0.281. The molecule has 12 heteroatoms. The number of nitrogens with zero attached hydrogens (tertiary/aromatic N) is 7. The number of hydrogen-bond donors (Lipinski definition) is 1. The first-order valence-electron chi connectivity index (χ1n) is 38.3. The van der Waals surface area contributed by atoms with Gasteiger partial charge in [0.15, 0.2) is 0 Å². The molecule has 1 aromatic carbocycles. The molecule has 2 unspecified atom stereocenters. The van der Waals surface area contributed by atoms with E-state index in [0.717, 1.165) is 83.2 Å².